The molecule has 0 aromatic heterocycles. The molecule has 5 heteroatoms. The standard InChI is InChI=1S/C25H26N2O3/c1-16-9-14-23(18(3)15-16)27-25(29)20-10-12-21(13-11-20)30-19(4)24(28)26-22-8-6-5-7-17(22)2/h5-15,19H,1-4H3,(H,26,28)(H,27,29). The largest absolute Gasteiger partial charge is 0.481 e. The second kappa shape index (κ2) is 9.27. The lowest BCUT2D eigenvalue weighted by Crippen LogP contribution is -2.30. The van der Waals surface area contributed by atoms with Crippen molar-refractivity contribution in [1.82, 2.24) is 0 Å². The zero-order valence-electron chi connectivity index (χ0n) is 17.7. The number of amides is 2. The number of nitrogens with one attached hydrogen (secondary N) is 2. The van der Waals surface area contributed by atoms with Gasteiger partial charge in [0.1, 0.15) is 5.75 Å². The van der Waals surface area contributed by atoms with Crippen molar-refractivity contribution in [2.24, 2.45) is 0 Å². The summed E-state index contributed by atoms with van der Waals surface area (Å²) < 4.78 is 5.73. The molecule has 0 spiro atoms. The first-order valence-corrected chi connectivity index (χ1v) is 9.85. The highest BCUT2D eigenvalue weighted by molar-refractivity contribution is 6.04. The molecule has 1 unspecified atom stereocenters. The van der Waals surface area contributed by atoms with Gasteiger partial charge in [-0.3, -0.25) is 9.59 Å². The van der Waals surface area contributed by atoms with Crippen LogP contribution in [-0.4, -0.2) is 17.9 Å². The van der Waals surface area contributed by atoms with Crippen LogP contribution in [-0.2, 0) is 4.79 Å². The predicted molar refractivity (Wildman–Crippen MR) is 120 cm³/mol. The molecule has 0 heterocycles. The second-order valence-electron chi connectivity index (χ2n) is 7.36. The van der Waals surface area contributed by atoms with Gasteiger partial charge >= 0.3 is 0 Å². The highest BCUT2D eigenvalue weighted by atomic mass is 16.5. The third kappa shape index (κ3) is 5.26. The maximum Gasteiger partial charge on any atom is 0.265 e. The molecule has 3 rings (SSSR count). The molecule has 154 valence electrons. The summed E-state index contributed by atoms with van der Waals surface area (Å²) in [7, 11) is 0. The van der Waals surface area contributed by atoms with Gasteiger partial charge in [-0.2, -0.15) is 0 Å². The van der Waals surface area contributed by atoms with E-state index in [9.17, 15) is 9.59 Å². The molecule has 1 atom stereocenters. The SMILES string of the molecule is Cc1ccc(NC(=O)c2ccc(OC(C)C(=O)Nc3ccccc3C)cc2)c(C)c1. The maximum atomic E-state index is 12.5. The van der Waals surface area contributed by atoms with Crippen molar-refractivity contribution in [1.29, 1.82) is 0 Å². The van der Waals surface area contributed by atoms with Gasteiger partial charge in [-0.05, 0) is 75.2 Å². The Morgan fingerprint density at radius 1 is 0.800 bits per heavy atom. The van der Waals surface area contributed by atoms with Crippen LogP contribution >= 0.6 is 0 Å². The minimum absolute atomic E-state index is 0.196. The molecule has 2 amide bonds. The minimum Gasteiger partial charge on any atom is -0.481 e. The molecular weight excluding hydrogens is 376 g/mol. The third-order valence-electron chi connectivity index (χ3n) is 4.83. The van der Waals surface area contributed by atoms with Crippen molar-refractivity contribution in [3.8, 4) is 5.75 Å². The first-order valence-electron chi connectivity index (χ1n) is 9.85. The van der Waals surface area contributed by atoms with Crippen LogP contribution in [0.3, 0.4) is 0 Å². The third-order valence-corrected chi connectivity index (χ3v) is 4.83. The quantitative estimate of drug-likeness (QED) is 0.590. The van der Waals surface area contributed by atoms with E-state index in [1.54, 1.807) is 31.2 Å². The van der Waals surface area contributed by atoms with Crippen molar-refractivity contribution >= 4 is 23.2 Å². The fraction of sp³-hybridized carbons (Fsp3) is 0.200. The summed E-state index contributed by atoms with van der Waals surface area (Å²) in [5, 5.41) is 5.79. The first kappa shape index (κ1) is 21.1. The van der Waals surface area contributed by atoms with E-state index in [0.717, 1.165) is 28.1 Å². The fourth-order valence-corrected chi connectivity index (χ4v) is 3.04. The number of benzene rings is 3. The van der Waals surface area contributed by atoms with Gasteiger partial charge < -0.3 is 15.4 Å². The molecule has 0 bridgehead atoms. The Labute approximate surface area is 177 Å². The van der Waals surface area contributed by atoms with E-state index in [4.69, 9.17) is 4.74 Å². The van der Waals surface area contributed by atoms with Gasteiger partial charge in [0.2, 0.25) is 0 Å². The molecule has 2 N–H and O–H groups in total. The van der Waals surface area contributed by atoms with Crippen LogP contribution in [0.2, 0.25) is 0 Å². The molecule has 30 heavy (non-hydrogen) atoms. The average molecular weight is 402 g/mol. The Morgan fingerprint density at radius 2 is 1.47 bits per heavy atom. The number of para-hydroxylation sites is 1. The molecule has 0 saturated heterocycles. The van der Waals surface area contributed by atoms with E-state index in [-0.39, 0.29) is 11.8 Å². The minimum atomic E-state index is -0.681. The molecule has 0 aliphatic rings. The Balaban J connectivity index is 1.60. The van der Waals surface area contributed by atoms with Gasteiger partial charge in [-0.1, -0.05) is 35.9 Å². The molecule has 5 nitrogen and oxygen atoms in total. The van der Waals surface area contributed by atoms with Crippen LogP contribution in [0.1, 0.15) is 34.0 Å². The van der Waals surface area contributed by atoms with Gasteiger partial charge in [-0.25, -0.2) is 0 Å². The van der Waals surface area contributed by atoms with Crippen molar-refractivity contribution in [3.63, 3.8) is 0 Å². The number of carbonyl (C=O) groups is 2. The van der Waals surface area contributed by atoms with E-state index in [1.165, 1.54) is 0 Å². The van der Waals surface area contributed by atoms with E-state index in [0.29, 0.717) is 11.3 Å². The molecule has 0 radical (unpaired) electrons. The van der Waals surface area contributed by atoms with Crippen LogP contribution in [0.25, 0.3) is 0 Å². The maximum absolute atomic E-state index is 12.5. The van der Waals surface area contributed by atoms with E-state index in [2.05, 4.69) is 10.6 Å². The van der Waals surface area contributed by atoms with Gasteiger partial charge in [-0.15, -0.1) is 0 Å². The van der Waals surface area contributed by atoms with E-state index >= 15 is 0 Å². The Bertz CT molecular complexity index is 1060. The Morgan fingerprint density at radius 3 is 2.13 bits per heavy atom. The molecule has 0 fully saturated rings. The number of carbonyl (C=O) groups excluding carboxylic acids is 2. The highest BCUT2D eigenvalue weighted by Crippen LogP contribution is 2.19. The van der Waals surface area contributed by atoms with Gasteiger partial charge in [0.25, 0.3) is 11.8 Å². The van der Waals surface area contributed by atoms with E-state index < -0.39 is 6.10 Å². The number of anilines is 2. The Hall–Kier alpha value is -3.60. The summed E-state index contributed by atoms with van der Waals surface area (Å²) in [6.45, 7) is 7.60. The van der Waals surface area contributed by atoms with Crippen molar-refractivity contribution in [2.45, 2.75) is 33.8 Å². The number of aryl methyl sites for hydroxylation is 3. The fourth-order valence-electron chi connectivity index (χ4n) is 3.04. The summed E-state index contributed by atoms with van der Waals surface area (Å²) in [4.78, 5) is 24.9. The molecule has 3 aromatic rings. The lowest BCUT2D eigenvalue weighted by atomic mass is 10.1. The predicted octanol–water partition coefficient (Wildman–Crippen LogP) is 5.27. The van der Waals surface area contributed by atoms with Crippen LogP contribution in [0.5, 0.6) is 5.75 Å². The summed E-state index contributed by atoms with van der Waals surface area (Å²) in [6.07, 6.45) is -0.681. The van der Waals surface area contributed by atoms with Crippen LogP contribution < -0.4 is 15.4 Å². The number of ether oxygens (including phenoxy) is 1. The number of rotatable bonds is 6. The first-order chi connectivity index (χ1) is 14.3. The Kier molecular flexibility index (Phi) is 6.52. The molecular formula is C25H26N2O3. The van der Waals surface area contributed by atoms with Crippen LogP contribution in [0, 0.1) is 20.8 Å². The topological polar surface area (TPSA) is 67.4 Å². The van der Waals surface area contributed by atoms with Crippen LogP contribution in [0.15, 0.2) is 66.7 Å². The lowest BCUT2D eigenvalue weighted by molar-refractivity contribution is -0.122. The summed E-state index contributed by atoms with van der Waals surface area (Å²) in [5.41, 5.74) is 5.20. The van der Waals surface area contributed by atoms with E-state index in [1.807, 2.05) is 63.2 Å². The van der Waals surface area contributed by atoms with Crippen molar-refractivity contribution in [3.05, 3.63) is 89.0 Å². The monoisotopic (exact) mass is 402 g/mol. The molecule has 0 aliphatic carbocycles. The molecule has 3 aromatic carbocycles. The highest BCUT2D eigenvalue weighted by Gasteiger charge is 2.16. The van der Waals surface area contributed by atoms with Crippen molar-refractivity contribution in [2.75, 3.05) is 10.6 Å². The average Bonchev–Trinajstić information content (AvgIpc) is 2.72. The van der Waals surface area contributed by atoms with Gasteiger partial charge in [0, 0.05) is 16.9 Å². The zero-order valence-corrected chi connectivity index (χ0v) is 17.7. The van der Waals surface area contributed by atoms with Gasteiger partial charge in [0.15, 0.2) is 6.10 Å². The van der Waals surface area contributed by atoms with Crippen LogP contribution in [0.4, 0.5) is 11.4 Å². The summed E-state index contributed by atoms with van der Waals surface area (Å²) in [5.74, 6) is 0.0883. The van der Waals surface area contributed by atoms with Crippen molar-refractivity contribution < 1.29 is 14.3 Å². The molecule has 0 aliphatic heterocycles. The number of hydrogen-bond donors (Lipinski definition) is 2. The number of hydrogen-bond acceptors (Lipinski definition) is 3. The summed E-state index contributed by atoms with van der Waals surface area (Å²) >= 11 is 0. The second-order valence-corrected chi connectivity index (χ2v) is 7.36. The lowest BCUT2D eigenvalue weighted by Gasteiger charge is -2.16. The van der Waals surface area contributed by atoms with Gasteiger partial charge in [0.05, 0.1) is 0 Å². The smallest absolute Gasteiger partial charge is 0.265 e. The zero-order chi connectivity index (χ0) is 21.7. The summed E-state index contributed by atoms with van der Waals surface area (Å²) in [6, 6.07) is 20.2. The molecule has 0 saturated carbocycles. The normalized spacial score (nSPS) is 11.5.